The Kier molecular flexibility index (Phi) is 4.04. The van der Waals surface area contributed by atoms with Gasteiger partial charge in [0.1, 0.15) is 0 Å². The van der Waals surface area contributed by atoms with Crippen molar-refractivity contribution in [3.8, 4) is 0 Å². The summed E-state index contributed by atoms with van der Waals surface area (Å²) in [6, 6.07) is 1.53. The van der Waals surface area contributed by atoms with Crippen molar-refractivity contribution in [1.29, 1.82) is 0 Å². The van der Waals surface area contributed by atoms with E-state index in [0.29, 0.717) is 18.0 Å². The molecule has 108 valence electrons. The molecule has 7 heteroatoms. The van der Waals surface area contributed by atoms with Crippen LogP contribution in [0, 0.1) is 0 Å². The van der Waals surface area contributed by atoms with Crippen LogP contribution in [-0.2, 0) is 21.4 Å². The molecule has 1 aromatic heterocycles. The summed E-state index contributed by atoms with van der Waals surface area (Å²) < 4.78 is 32.3. The summed E-state index contributed by atoms with van der Waals surface area (Å²) in [6.45, 7) is 6.21. The second-order valence-corrected chi connectivity index (χ2v) is 8.33. The van der Waals surface area contributed by atoms with Gasteiger partial charge in [-0.3, -0.25) is 0 Å². The first-order chi connectivity index (χ1) is 8.74. The van der Waals surface area contributed by atoms with Crippen LogP contribution >= 0.6 is 11.3 Å². The molecule has 0 spiro atoms. The minimum Gasteiger partial charge on any atom is -0.391 e. The highest BCUT2D eigenvalue weighted by Crippen LogP contribution is 2.28. The third-order valence-corrected chi connectivity index (χ3v) is 5.82. The van der Waals surface area contributed by atoms with Gasteiger partial charge in [-0.15, -0.1) is 11.3 Å². The Labute approximate surface area is 117 Å². The van der Waals surface area contributed by atoms with E-state index in [0.717, 1.165) is 0 Å². The summed E-state index contributed by atoms with van der Waals surface area (Å²) in [7, 11) is -3.50. The lowest BCUT2D eigenvalue weighted by Gasteiger charge is -2.40. The van der Waals surface area contributed by atoms with E-state index in [1.54, 1.807) is 5.38 Å². The highest BCUT2D eigenvalue weighted by Gasteiger charge is 2.38. The molecule has 2 rings (SSSR count). The van der Waals surface area contributed by atoms with Crippen LogP contribution in [0.2, 0.25) is 0 Å². The highest BCUT2D eigenvalue weighted by atomic mass is 32.2. The zero-order valence-corrected chi connectivity index (χ0v) is 12.9. The van der Waals surface area contributed by atoms with E-state index in [1.165, 1.54) is 21.7 Å². The lowest BCUT2D eigenvalue weighted by Crippen LogP contribution is -2.53. The Bertz CT molecular complexity index is 550. The molecule has 5 nitrogen and oxygen atoms in total. The smallest absolute Gasteiger partial charge is 0.244 e. The summed E-state index contributed by atoms with van der Waals surface area (Å²) in [6.07, 6.45) is -0.130. The van der Waals surface area contributed by atoms with Crippen molar-refractivity contribution in [2.45, 2.75) is 44.0 Å². The van der Waals surface area contributed by atoms with Crippen molar-refractivity contribution in [3.63, 3.8) is 0 Å². The van der Waals surface area contributed by atoms with Crippen LogP contribution in [-0.4, -0.2) is 42.6 Å². The van der Waals surface area contributed by atoms with Gasteiger partial charge in [-0.05, 0) is 26.8 Å². The molecular formula is C12H19NO4S2. The monoisotopic (exact) mass is 305 g/mol. The molecule has 19 heavy (non-hydrogen) atoms. The van der Waals surface area contributed by atoms with Crippen molar-refractivity contribution in [2.75, 3.05) is 13.1 Å². The van der Waals surface area contributed by atoms with E-state index in [9.17, 15) is 8.42 Å². The van der Waals surface area contributed by atoms with Crippen LogP contribution in [0.3, 0.4) is 0 Å². The highest BCUT2D eigenvalue weighted by molar-refractivity contribution is 7.89. The van der Waals surface area contributed by atoms with Crippen molar-refractivity contribution >= 4 is 21.4 Å². The predicted molar refractivity (Wildman–Crippen MR) is 73.6 cm³/mol. The molecule has 0 saturated carbocycles. The fourth-order valence-electron chi connectivity index (χ4n) is 2.31. The van der Waals surface area contributed by atoms with Crippen LogP contribution in [0.25, 0.3) is 0 Å². The van der Waals surface area contributed by atoms with E-state index in [4.69, 9.17) is 9.84 Å². The van der Waals surface area contributed by atoms with E-state index >= 15 is 0 Å². The van der Waals surface area contributed by atoms with Gasteiger partial charge in [-0.2, -0.15) is 4.31 Å². The SMILES string of the molecule is CC1CN(S(=O)(=O)c2csc(CO)c2)CC(C)(C)O1. The molecule has 1 saturated heterocycles. The van der Waals surface area contributed by atoms with Gasteiger partial charge in [-0.1, -0.05) is 0 Å². The lowest BCUT2D eigenvalue weighted by molar-refractivity contribution is -0.109. The molecule has 1 aliphatic heterocycles. The van der Waals surface area contributed by atoms with Gasteiger partial charge in [0, 0.05) is 23.3 Å². The van der Waals surface area contributed by atoms with E-state index in [-0.39, 0.29) is 17.6 Å². The van der Waals surface area contributed by atoms with Crippen LogP contribution in [0.4, 0.5) is 0 Å². The maximum absolute atomic E-state index is 12.5. The Morgan fingerprint density at radius 2 is 2.26 bits per heavy atom. The minimum atomic E-state index is -3.50. The van der Waals surface area contributed by atoms with Gasteiger partial charge >= 0.3 is 0 Å². The fourth-order valence-corrected chi connectivity index (χ4v) is 5.09. The number of sulfonamides is 1. The molecule has 1 unspecified atom stereocenters. The second kappa shape index (κ2) is 5.14. The number of hydrogen-bond acceptors (Lipinski definition) is 5. The largest absolute Gasteiger partial charge is 0.391 e. The lowest BCUT2D eigenvalue weighted by atomic mass is 10.1. The second-order valence-electron chi connectivity index (χ2n) is 5.39. The van der Waals surface area contributed by atoms with Crippen molar-refractivity contribution < 1.29 is 18.3 Å². The maximum Gasteiger partial charge on any atom is 0.244 e. The predicted octanol–water partition coefficient (Wildman–Crippen LogP) is 1.43. The molecular weight excluding hydrogens is 286 g/mol. The van der Waals surface area contributed by atoms with Gasteiger partial charge < -0.3 is 9.84 Å². The van der Waals surface area contributed by atoms with Gasteiger partial charge in [0.2, 0.25) is 10.0 Å². The number of thiophene rings is 1. The van der Waals surface area contributed by atoms with Gasteiger partial charge in [-0.25, -0.2) is 8.42 Å². The van der Waals surface area contributed by atoms with Gasteiger partial charge in [0.15, 0.2) is 0 Å². The summed E-state index contributed by atoms with van der Waals surface area (Å²) in [4.78, 5) is 0.908. The molecule has 1 aliphatic rings. The Balaban J connectivity index is 2.28. The average Bonchev–Trinajstić information content (AvgIpc) is 2.75. The fraction of sp³-hybridized carbons (Fsp3) is 0.667. The quantitative estimate of drug-likeness (QED) is 0.917. The Morgan fingerprint density at radius 1 is 1.58 bits per heavy atom. The van der Waals surface area contributed by atoms with E-state index in [2.05, 4.69) is 0 Å². The van der Waals surface area contributed by atoms with Crippen LogP contribution in [0.15, 0.2) is 16.3 Å². The topological polar surface area (TPSA) is 66.8 Å². The summed E-state index contributed by atoms with van der Waals surface area (Å²) >= 11 is 1.25. The number of aliphatic hydroxyl groups is 1. The number of aliphatic hydroxyl groups excluding tert-OH is 1. The molecule has 0 radical (unpaired) electrons. The first kappa shape index (κ1) is 14.9. The molecule has 1 N–H and O–H groups in total. The first-order valence-corrected chi connectivity index (χ1v) is 8.43. The summed E-state index contributed by atoms with van der Waals surface area (Å²) in [5, 5.41) is 10.6. The molecule has 1 aromatic rings. The Morgan fingerprint density at radius 3 is 2.79 bits per heavy atom. The normalized spacial score (nSPS) is 24.5. The standard InChI is InChI=1S/C12H19NO4S2/c1-9-5-13(8-12(2,3)17-9)19(15,16)11-4-10(6-14)18-7-11/h4,7,9,14H,5-6,8H2,1-3H3. The zero-order chi connectivity index (χ0) is 14.3. The molecule has 1 atom stereocenters. The number of hydrogen-bond donors (Lipinski definition) is 1. The van der Waals surface area contributed by atoms with Crippen LogP contribution in [0.5, 0.6) is 0 Å². The van der Waals surface area contributed by atoms with Gasteiger partial charge in [0.25, 0.3) is 0 Å². The third kappa shape index (κ3) is 3.17. The van der Waals surface area contributed by atoms with E-state index < -0.39 is 15.6 Å². The van der Waals surface area contributed by atoms with Crippen molar-refractivity contribution in [3.05, 3.63) is 16.3 Å². The number of nitrogens with zero attached hydrogens (tertiary/aromatic N) is 1. The average molecular weight is 305 g/mol. The molecule has 2 heterocycles. The molecule has 0 aromatic carbocycles. The first-order valence-electron chi connectivity index (χ1n) is 6.11. The number of rotatable bonds is 3. The minimum absolute atomic E-state index is 0.130. The molecule has 0 aliphatic carbocycles. The number of morpholine rings is 1. The molecule has 1 fully saturated rings. The third-order valence-electron chi connectivity index (χ3n) is 2.96. The van der Waals surface area contributed by atoms with Gasteiger partial charge in [0.05, 0.1) is 23.2 Å². The molecule has 0 bridgehead atoms. The number of ether oxygens (including phenoxy) is 1. The van der Waals surface area contributed by atoms with Crippen LogP contribution in [0.1, 0.15) is 25.6 Å². The van der Waals surface area contributed by atoms with Crippen molar-refractivity contribution in [1.82, 2.24) is 4.31 Å². The zero-order valence-electron chi connectivity index (χ0n) is 11.3. The Hall–Kier alpha value is -0.470. The van der Waals surface area contributed by atoms with Crippen molar-refractivity contribution in [2.24, 2.45) is 0 Å². The summed E-state index contributed by atoms with van der Waals surface area (Å²) in [5.41, 5.74) is -0.486. The van der Waals surface area contributed by atoms with E-state index in [1.807, 2.05) is 20.8 Å². The maximum atomic E-state index is 12.5. The van der Waals surface area contributed by atoms with Crippen LogP contribution < -0.4 is 0 Å². The molecule has 0 amide bonds. The summed E-state index contributed by atoms with van der Waals surface area (Å²) in [5.74, 6) is 0.